The first-order chi connectivity index (χ1) is 8.99. The number of amides is 1. The van der Waals surface area contributed by atoms with E-state index in [2.05, 4.69) is 0 Å². The van der Waals surface area contributed by atoms with Gasteiger partial charge in [-0.15, -0.1) is 0 Å². The van der Waals surface area contributed by atoms with Crippen LogP contribution in [-0.2, 0) is 0 Å². The molecule has 0 spiro atoms. The number of nitrogens with zero attached hydrogens (tertiary/aromatic N) is 1. The Morgan fingerprint density at radius 1 is 1.05 bits per heavy atom. The van der Waals surface area contributed by atoms with Crippen LogP contribution in [0.4, 0.5) is 5.69 Å². The molecular weight excluding hydrogens is 242 g/mol. The van der Waals surface area contributed by atoms with Gasteiger partial charge in [-0.2, -0.15) is 0 Å². The molecule has 4 heteroatoms. The zero-order chi connectivity index (χ0) is 14.0. The summed E-state index contributed by atoms with van der Waals surface area (Å²) in [5.41, 5.74) is 1.83. The van der Waals surface area contributed by atoms with Crippen molar-refractivity contribution in [2.24, 2.45) is 0 Å². The molecule has 0 aromatic heterocycles. The molecule has 0 aliphatic carbocycles. The average molecular weight is 257 g/mol. The molecule has 2 aromatic rings. The first-order valence-electron chi connectivity index (χ1n) is 5.86. The summed E-state index contributed by atoms with van der Waals surface area (Å²) in [5.74, 6) is 0.0525. The lowest BCUT2D eigenvalue weighted by Gasteiger charge is -2.18. The van der Waals surface area contributed by atoms with Crippen LogP contribution >= 0.6 is 0 Å². The third kappa shape index (κ3) is 2.68. The molecule has 19 heavy (non-hydrogen) atoms. The van der Waals surface area contributed by atoms with E-state index in [1.807, 2.05) is 0 Å². The number of carbonyl (C=O) groups excluding carboxylic acids is 1. The molecule has 0 saturated heterocycles. The fourth-order valence-corrected chi connectivity index (χ4v) is 1.89. The topological polar surface area (TPSA) is 60.8 Å². The van der Waals surface area contributed by atoms with Gasteiger partial charge in [-0.1, -0.05) is 6.07 Å². The summed E-state index contributed by atoms with van der Waals surface area (Å²) in [4.78, 5) is 13.8. The number of phenolic OH excluding ortho intramolecular Hbond substituents is 2. The largest absolute Gasteiger partial charge is 0.508 e. The van der Waals surface area contributed by atoms with E-state index in [9.17, 15) is 15.0 Å². The molecule has 0 fully saturated rings. The molecule has 98 valence electrons. The fraction of sp³-hybridized carbons (Fsp3) is 0.133. The van der Waals surface area contributed by atoms with Gasteiger partial charge in [-0.3, -0.25) is 4.79 Å². The number of anilines is 1. The Hall–Kier alpha value is -2.49. The SMILES string of the molecule is Cc1cc(O)ccc1C(=O)N(C)c1cccc(O)c1. The molecule has 0 unspecified atom stereocenters. The van der Waals surface area contributed by atoms with Crippen molar-refractivity contribution in [3.8, 4) is 11.5 Å². The second-order valence-electron chi connectivity index (χ2n) is 4.38. The number of hydrogen-bond donors (Lipinski definition) is 2. The van der Waals surface area contributed by atoms with Gasteiger partial charge >= 0.3 is 0 Å². The number of phenols is 2. The zero-order valence-corrected chi connectivity index (χ0v) is 10.8. The first-order valence-corrected chi connectivity index (χ1v) is 5.86. The highest BCUT2D eigenvalue weighted by molar-refractivity contribution is 6.06. The molecule has 0 bridgehead atoms. The summed E-state index contributed by atoms with van der Waals surface area (Å²) in [6.07, 6.45) is 0. The monoisotopic (exact) mass is 257 g/mol. The maximum atomic E-state index is 12.4. The van der Waals surface area contributed by atoms with Gasteiger partial charge in [0.25, 0.3) is 5.91 Å². The van der Waals surface area contributed by atoms with Gasteiger partial charge in [0.1, 0.15) is 11.5 Å². The summed E-state index contributed by atoms with van der Waals surface area (Å²) in [6, 6.07) is 11.1. The lowest BCUT2D eigenvalue weighted by atomic mass is 10.1. The van der Waals surface area contributed by atoms with Gasteiger partial charge in [0.05, 0.1) is 0 Å². The molecule has 0 radical (unpaired) electrons. The van der Waals surface area contributed by atoms with Crippen LogP contribution in [0.2, 0.25) is 0 Å². The van der Waals surface area contributed by atoms with E-state index in [0.717, 1.165) is 0 Å². The Kier molecular flexibility index (Phi) is 3.42. The predicted molar refractivity (Wildman–Crippen MR) is 73.7 cm³/mol. The second-order valence-corrected chi connectivity index (χ2v) is 4.38. The van der Waals surface area contributed by atoms with Crippen LogP contribution in [0.25, 0.3) is 0 Å². The minimum absolute atomic E-state index is 0.111. The standard InChI is InChI=1S/C15H15NO3/c1-10-8-13(18)6-7-14(10)15(19)16(2)11-4-3-5-12(17)9-11/h3-9,17-18H,1-2H3. The Bertz CT molecular complexity index is 623. The summed E-state index contributed by atoms with van der Waals surface area (Å²) >= 11 is 0. The number of carbonyl (C=O) groups is 1. The van der Waals surface area contributed by atoms with Crippen LogP contribution in [0.5, 0.6) is 11.5 Å². The molecule has 4 nitrogen and oxygen atoms in total. The molecule has 1 amide bonds. The van der Waals surface area contributed by atoms with E-state index in [1.54, 1.807) is 44.3 Å². The number of aromatic hydroxyl groups is 2. The third-order valence-electron chi connectivity index (χ3n) is 2.96. The van der Waals surface area contributed by atoms with Crippen molar-refractivity contribution < 1.29 is 15.0 Å². The van der Waals surface area contributed by atoms with Gasteiger partial charge < -0.3 is 15.1 Å². The van der Waals surface area contributed by atoms with E-state index in [4.69, 9.17) is 0 Å². The van der Waals surface area contributed by atoms with E-state index >= 15 is 0 Å². The van der Waals surface area contributed by atoms with Crippen LogP contribution in [0.3, 0.4) is 0 Å². The summed E-state index contributed by atoms with van der Waals surface area (Å²) in [5, 5.41) is 18.8. The molecule has 0 heterocycles. The van der Waals surface area contributed by atoms with Gasteiger partial charge in [0, 0.05) is 24.4 Å². The Balaban J connectivity index is 2.33. The maximum absolute atomic E-state index is 12.4. The Labute approximate surface area is 111 Å². The Morgan fingerprint density at radius 3 is 2.37 bits per heavy atom. The quantitative estimate of drug-likeness (QED) is 0.869. The van der Waals surface area contributed by atoms with Crippen LogP contribution in [0.1, 0.15) is 15.9 Å². The van der Waals surface area contributed by atoms with Crippen molar-refractivity contribution in [2.75, 3.05) is 11.9 Å². The summed E-state index contributed by atoms with van der Waals surface area (Å²) < 4.78 is 0. The maximum Gasteiger partial charge on any atom is 0.258 e. The number of aryl methyl sites for hydroxylation is 1. The predicted octanol–water partition coefficient (Wildman–Crippen LogP) is 2.68. The minimum Gasteiger partial charge on any atom is -0.508 e. The molecular formula is C15H15NO3. The van der Waals surface area contributed by atoms with Crippen molar-refractivity contribution in [1.29, 1.82) is 0 Å². The normalized spacial score (nSPS) is 10.2. The smallest absolute Gasteiger partial charge is 0.258 e. The van der Waals surface area contributed by atoms with Crippen molar-refractivity contribution in [3.63, 3.8) is 0 Å². The summed E-state index contributed by atoms with van der Waals surface area (Å²) in [7, 11) is 1.64. The lowest BCUT2D eigenvalue weighted by molar-refractivity contribution is 0.0992. The van der Waals surface area contributed by atoms with Crippen molar-refractivity contribution in [2.45, 2.75) is 6.92 Å². The number of hydrogen-bond acceptors (Lipinski definition) is 3. The molecule has 2 rings (SSSR count). The highest BCUT2D eigenvalue weighted by Gasteiger charge is 2.16. The van der Waals surface area contributed by atoms with Gasteiger partial charge in [0.2, 0.25) is 0 Å². The molecule has 0 atom stereocenters. The third-order valence-corrected chi connectivity index (χ3v) is 2.96. The first kappa shape index (κ1) is 13.0. The molecule has 0 aliphatic rings. The van der Waals surface area contributed by atoms with Crippen LogP contribution in [0.15, 0.2) is 42.5 Å². The molecule has 2 N–H and O–H groups in total. The lowest BCUT2D eigenvalue weighted by Crippen LogP contribution is -2.26. The summed E-state index contributed by atoms with van der Waals surface area (Å²) in [6.45, 7) is 1.77. The Morgan fingerprint density at radius 2 is 1.74 bits per heavy atom. The van der Waals surface area contributed by atoms with Gasteiger partial charge in [-0.25, -0.2) is 0 Å². The molecule has 2 aromatic carbocycles. The van der Waals surface area contributed by atoms with Crippen LogP contribution < -0.4 is 4.90 Å². The average Bonchev–Trinajstić information content (AvgIpc) is 2.37. The van der Waals surface area contributed by atoms with E-state index in [0.29, 0.717) is 16.8 Å². The number of rotatable bonds is 2. The fourth-order valence-electron chi connectivity index (χ4n) is 1.89. The minimum atomic E-state index is -0.192. The zero-order valence-electron chi connectivity index (χ0n) is 10.8. The van der Waals surface area contributed by atoms with Crippen LogP contribution in [-0.4, -0.2) is 23.2 Å². The van der Waals surface area contributed by atoms with Crippen molar-refractivity contribution in [1.82, 2.24) is 0 Å². The van der Waals surface area contributed by atoms with Gasteiger partial charge in [-0.05, 0) is 42.8 Å². The van der Waals surface area contributed by atoms with E-state index in [1.165, 1.54) is 17.0 Å². The number of benzene rings is 2. The van der Waals surface area contributed by atoms with Gasteiger partial charge in [0.15, 0.2) is 0 Å². The van der Waals surface area contributed by atoms with Crippen LogP contribution in [0, 0.1) is 6.92 Å². The highest BCUT2D eigenvalue weighted by Crippen LogP contribution is 2.23. The van der Waals surface area contributed by atoms with Crippen molar-refractivity contribution >= 4 is 11.6 Å². The molecule has 0 saturated carbocycles. The van der Waals surface area contributed by atoms with Crippen molar-refractivity contribution in [3.05, 3.63) is 53.6 Å². The second kappa shape index (κ2) is 5.02. The molecule has 0 aliphatic heterocycles. The van der Waals surface area contributed by atoms with E-state index < -0.39 is 0 Å². The highest BCUT2D eigenvalue weighted by atomic mass is 16.3. The van der Waals surface area contributed by atoms with E-state index in [-0.39, 0.29) is 17.4 Å².